The first-order valence-corrected chi connectivity index (χ1v) is 3.15. The van der Waals surface area contributed by atoms with E-state index in [-0.39, 0.29) is 11.4 Å². The van der Waals surface area contributed by atoms with Gasteiger partial charge in [0.15, 0.2) is 0 Å². The van der Waals surface area contributed by atoms with Crippen molar-refractivity contribution in [2.24, 2.45) is 0 Å². The third-order valence-corrected chi connectivity index (χ3v) is 1.53. The zero-order valence-electron chi connectivity index (χ0n) is 5.83. The normalized spacial score (nSPS) is 13.3. The maximum Gasteiger partial charge on any atom is 0.315 e. The summed E-state index contributed by atoms with van der Waals surface area (Å²) in [6, 6.07) is 7.47. The van der Waals surface area contributed by atoms with Crippen LogP contribution in [0.25, 0.3) is 0 Å². The second kappa shape index (κ2) is 2.72. The topological polar surface area (TPSA) is 57.8 Å². The fourth-order valence-corrected chi connectivity index (χ4v) is 1.06. The number of esters is 1. The second-order valence-corrected chi connectivity index (χ2v) is 2.26. The minimum Gasteiger partial charge on any atom is -0.426 e. The molecule has 3 nitrogen and oxygen atoms in total. The maximum absolute atomic E-state index is 10.7. The number of para-hydroxylation sites is 1. The van der Waals surface area contributed by atoms with E-state index in [1.54, 1.807) is 6.07 Å². The minimum atomic E-state index is -0.152. The van der Waals surface area contributed by atoms with Crippen molar-refractivity contribution in [1.82, 2.24) is 0 Å². The number of carbonyl (C=O) groups excluding carboxylic acids is 1. The van der Waals surface area contributed by atoms with E-state index in [4.69, 9.17) is 4.74 Å². The van der Waals surface area contributed by atoms with Gasteiger partial charge in [-0.1, -0.05) is 18.2 Å². The molecule has 2 N–H and O–H groups in total. The van der Waals surface area contributed by atoms with Crippen LogP contribution in [0.15, 0.2) is 24.3 Å². The number of benzene rings is 1. The highest BCUT2D eigenvalue weighted by Gasteiger charge is 2.18. The molecule has 0 saturated carbocycles. The summed E-state index contributed by atoms with van der Waals surface area (Å²) >= 11 is 0. The summed E-state index contributed by atoms with van der Waals surface area (Å²) in [5.41, 5.74) is 0.993. The van der Waals surface area contributed by atoms with E-state index in [2.05, 4.69) is 0 Å². The van der Waals surface area contributed by atoms with Crippen molar-refractivity contribution in [2.75, 3.05) is 0 Å². The fraction of sp³-hybridized carbons (Fsp3) is 0.125. The van der Waals surface area contributed by atoms with E-state index in [0.29, 0.717) is 12.2 Å². The number of fused-ring (bicyclic) bond motifs is 1. The molecule has 1 aromatic carbocycles. The van der Waals surface area contributed by atoms with Crippen LogP contribution in [0.2, 0.25) is 0 Å². The van der Waals surface area contributed by atoms with Gasteiger partial charge in [-0.2, -0.15) is 0 Å². The van der Waals surface area contributed by atoms with Crippen LogP contribution < -0.4 is 4.74 Å². The van der Waals surface area contributed by atoms with Crippen molar-refractivity contribution in [2.45, 2.75) is 6.42 Å². The lowest BCUT2D eigenvalue weighted by atomic mass is 10.2. The van der Waals surface area contributed by atoms with Gasteiger partial charge in [0.1, 0.15) is 5.75 Å². The first kappa shape index (κ1) is 7.75. The van der Waals surface area contributed by atoms with Crippen molar-refractivity contribution in [3.63, 3.8) is 0 Å². The lowest BCUT2D eigenvalue weighted by molar-refractivity contribution is -0.131. The molecule has 1 heterocycles. The monoisotopic (exact) mass is 152 g/mol. The van der Waals surface area contributed by atoms with Crippen LogP contribution in [-0.2, 0) is 11.2 Å². The zero-order valence-corrected chi connectivity index (χ0v) is 5.83. The Hall–Kier alpha value is -1.35. The second-order valence-electron chi connectivity index (χ2n) is 2.26. The van der Waals surface area contributed by atoms with Crippen molar-refractivity contribution in [3.05, 3.63) is 29.8 Å². The van der Waals surface area contributed by atoms with Gasteiger partial charge in [-0.15, -0.1) is 0 Å². The molecule has 0 saturated heterocycles. The highest BCUT2D eigenvalue weighted by molar-refractivity contribution is 5.80. The summed E-state index contributed by atoms with van der Waals surface area (Å²) < 4.78 is 4.87. The predicted molar refractivity (Wildman–Crippen MR) is 39.4 cm³/mol. The predicted octanol–water partition coefficient (Wildman–Crippen LogP) is 0.323. The Morgan fingerprint density at radius 3 is 2.73 bits per heavy atom. The molecule has 1 aliphatic heterocycles. The molecule has 2 rings (SSSR count). The Labute approximate surface area is 63.9 Å². The number of hydrogen-bond donors (Lipinski definition) is 0. The van der Waals surface area contributed by atoms with Crippen molar-refractivity contribution < 1.29 is 15.0 Å². The molecule has 3 heteroatoms. The lowest BCUT2D eigenvalue weighted by Gasteiger charge is -1.91. The van der Waals surface area contributed by atoms with Crippen molar-refractivity contribution in [1.29, 1.82) is 0 Å². The molecule has 0 spiro atoms. The molecule has 0 bridgehead atoms. The van der Waals surface area contributed by atoms with Crippen LogP contribution >= 0.6 is 0 Å². The van der Waals surface area contributed by atoms with E-state index in [9.17, 15) is 4.79 Å². The Kier molecular flexibility index (Phi) is 1.92. The fourth-order valence-electron chi connectivity index (χ4n) is 1.06. The number of carbonyl (C=O) groups is 1. The number of rotatable bonds is 0. The molecular weight excluding hydrogens is 144 g/mol. The molecule has 0 aliphatic carbocycles. The zero-order chi connectivity index (χ0) is 6.97. The molecule has 0 radical (unpaired) electrons. The summed E-state index contributed by atoms with van der Waals surface area (Å²) in [5.74, 6) is 0.564. The first-order chi connectivity index (χ1) is 4.86. The molecule has 58 valence electrons. The van der Waals surface area contributed by atoms with Gasteiger partial charge >= 0.3 is 5.97 Å². The highest BCUT2D eigenvalue weighted by Crippen LogP contribution is 2.24. The molecule has 0 atom stereocenters. The molecule has 11 heavy (non-hydrogen) atoms. The highest BCUT2D eigenvalue weighted by atomic mass is 16.5. The SMILES string of the molecule is O.O=C1Cc2ccccc2O1. The molecule has 0 unspecified atom stereocenters. The van der Waals surface area contributed by atoms with Gasteiger partial charge in [-0.3, -0.25) is 4.79 Å². The van der Waals surface area contributed by atoms with Crippen LogP contribution in [0.1, 0.15) is 5.56 Å². The van der Waals surface area contributed by atoms with Crippen LogP contribution in [0, 0.1) is 0 Å². The molecule has 0 amide bonds. The largest absolute Gasteiger partial charge is 0.426 e. The van der Waals surface area contributed by atoms with Crippen molar-refractivity contribution in [3.8, 4) is 5.75 Å². The lowest BCUT2D eigenvalue weighted by Crippen LogP contribution is -1.99. The Balaban J connectivity index is 0.000000605. The standard InChI is InChI=1S/C8H6O2.H2O/c9-8-5-6-3-1-2-4-7(6)10-8;/h1-4H,5H2;1H2. The Morgan fingerprint density at radius 1 is 1.27 bits per heavy atom. The van der Waals surface area contributed by atoms with Gasteiger partial charge in [0, 0.05) is 5.56 Å². The van der Waals surface area contributed by atoms with Crippen LogP contribution in [-0.4, -0.2) is 11.4 Å². The van der Waals surface area contributed by atoms with Crippen LogP contribution in [0.5, 0.6) is 5.75 Å². The van der Waals surface area contributed by atoms with E-state index in [0.717, 1.165) is 5.56 Å². The average molecular weight is 152 g/mol. The molecule has 0 aromatic heterocycles. The van der Waals surface area contributed by atoms with Crippen molar-refractivity contribution >= 4 is 5.97 Å². The molecular formula is C8H8O3. The van der Waals surface area contributed by atoms with E-state index in [1.165, 1.54) is 0 Å². The summed E-state index contributed by atoms with van der Waals surface area (Å²) in [4.78, 5) is 10.7. The summed E-state index contributed by atoms with van der Waals surface area (Å²) in [6.45, 7) is 0. The van der Waals surface area contributed by atoms with Gasteiger partial charge in [-0.25, -0.2) is 0 Å². The molecule has 1 aliphatic rings. The quantitative estimate of drug-likeness (QED) is 0.397. The van der Waals surface area contributed by atoms with Crippen LogP contribution in [0.4, 0.5) is 0 Å². The number of ether oxygens (including phenoxy) is 1. The van der Waals surface area contributed by atoms with Gasteiger partial charge < -0.3 is 10.2 Å². The van der Waals surface area contributed by atoms with Gasteiger partial charge in [0.05, 0.1) is 6.42 Å². The third-order valence-electron chi connectivity index (χ3n) is 1.53. The Morgan fingerprint density at radius 2 is 2.00 bits per heavy atom. The van der Waals surface area contributed by atoms with E-state index >= 15 is 0 Å². The maximum atomic E-state index is 10.7. The Bertz CT molecular complexity index is 253. The van der Waals surface area contributed by atoms with Gasteiger partial charge in [0.25, 0.3) is 0 Å². The third kappa shape index (κ3) is 1.23. The van der Waals surface area contributed by atoms with Gasteiger partial charge in [0.2, 0.25) is 0 Å². The molecule has 1 aromatic rings. The molecule has 0 fully saturated rings. The summed E-state index contributed by atoms with van der Waals surface area (Å²) in [6.07, 6.45) is 0.427. The first-order valence-electron chi connectivity index (χ1n) is 3.15. The van der Waals surface area contributed by atoms with Gasteiger partial charge in [-0.05, 0) is 6.07 Å². The smallest absolute Gasteiger partial charge is 0.315 e. The van der Waals surface area contributed by atoms with E-state index in [1.807, 2.05) is 18.2 Å². The van der Waals surface area contributed by atoms with E-state index < -0.39 is 0 Å². The average Bonchev–Trinajstić information content (AvgIpc) is 2.27. The summed E-state index contributed by atoms with van der Waals surface area (Å²) in [7, 11) is 0. The summed E-state index contributed by atoms with van der Waals surface area (Å²) in [5, 5.41) is 0. The van der Waals surface area contributed by atoms with Crippen LogP contribution in [0.3, 0.4) is 0 Å². The number of hydrogen-bond acceptors (Lipinski definition) is 2. The minimum absolute atomic E-state index is 0.